The van der Waals surface area contributed by atoms with E-state index < -0.39 is 17.7 Å². The molecular weight excluding hydrogens is 365 g/mol. The van der Waals surface area contributed by atoms with E-state index >= 15 is 0 Å². The molecule has 3 rings (SSSR count). The zero-order valence-electron chi connectivity index (χ0n) is 15.1. The Balaban J connectivity index is 1.72. The molecule has 28 heavy (non-hydrogen) atoms. The molecule has 0 unspecified atom stereocenters. The lowest BCUT2D eigenvalue weighted by Gasteiger charge is -2.21. The molecule has 0 radical (unpaired) electrons. The maximum absolute atomic E-state index is 14.1. The summed E-state index contributed by atoms with van der Waals surface area (Å²) >= 11 is 0. The van der Waals surface area contributed by atoms with Gasteiger partial charge in [0.15, 0.2) is 0 Å². The van der Waals surface area contributed by atoms with Crippen LogP contribution in [-0.2, 0) is 4.79 Å². The molecule has 2 aromatic rings. The predicted octanol–water partition coefficient (Wildman–Crippen LogP) is 3.69. The van der Waals surface area contributed by atoms with E-state index in [0.717, 1.165) is 38.2 Å². The summed E-state index contributed by atoms with van der Waals surface area (Å²) in [5, 5.41) is 14.1. The fraction of sp³-hybridized carbons (Fsp3) is 0.300. The van der Waals surface area contributed by atoms with E-state index in [0.29, 0.717) is 0 Å². The molecule has 0 spiro atoms. The van der Waals surface area contributed by atoms with Crippen molar-refractivity contribution in [3.05, 3.63) is 53.6 Å². The van der Waals surface area contributed by atoms with Crippen LogP contribution in [0.25, 0.3) is 0 Å². The molecule has 8 heteroatoms. The van der Waals surface area contributed by atoms with Gasteiger partial charge in [-0.2, -0.15) is 0 Å². The summed E-state index contributed by atoms with van der Waals surface area (Å²) < 4.78 is 14.1. The lowest BCUT2D eigenvalue weighted by atomic mass is 9.88. The van der Waals surface area contributed by atoms with Crippen LogP contribution in [0.3, 0.4) is 0 Å². The summed E-state index contributed by atoms with van der Waals surface area (Å²) in [6.07, 6.45) is 4.65. The molecule has 0 atom stereocenters. The molecule has 1 heterocycles. The van der Waals surface area contributed by atoms with Gasteiger partial charge in [-0.25, -0.2) is 14.2 Å². The van der Waals surface area contributed by atoms with Gasteiger partial charge in [0.25, 0.3) is 5.91 Å². The van der Waals surface area contributed by atoms with Crippen molar-refractivity contribution < 1.29 is 23.9 Å². The minimum atomic E-state index is -1.25. The Labute approximate surface area is 161 Å². The Kier molecular flexibility index (Phi) is 5.98. The summed E-state index contributed by atoms with van der Waals surface area (Å²) in [6.45, 7) is 0. The minimum Gasteiger partial charge on any atom is -0.477 e. The van der Waals surface area contributed by atoms with Crippen LogP contribution in [0, 0.1) is 11.7 Å². The second kappa shape index (κ2) is 8.60. The monoisotopic (exact) mass is 385 g/mol. The highest BCUT2D eigenvalue weighted by atomic mass is 19.1. The molecule has 1 saturated carbocycles. The molecule has 1 aromatic carbocycles. The zero-order valence-corrected chi connectivity index (χ0v) is 15.1. The quantitative estimate of drug-likeness (QED) is 0.727. The Bertz CT molecular complexity index is 910. The second-order valence-corrected chi connectivity index (χ2v) is 6.69. The lowest BCUT2D eigenvalue weighted by Crippen LogP contribution is -2.25. The Morgan fingerprint density at radius 2 is 1.71 bits per heavy atom. The first-order valence-electron chi connectivity index (χ1n) is 9.06. The van der Waals surface area contributed by atoms with E-state index in [1.165, 1.54) is 30.3 Å². The van der Waals surface area contributed by atoms with Crippen molar-refractivity contribution in [1.82, 2.24) is 4.98 Å². The standard InChI is InChI=1S/C20H20FN3O4/c21-14-10-9-13(11-17(14)24-18(25)12-5-2-1-3-6-12)22-19(26)15-7-4-8-16(23-15)20(27)28/h4,7-12H,1-3,5-6H2,(H,22,26)(H,24,25)(H,27,28). The topological polar surface area (TPSA) is 108 Å². The average molecular weight is 385 g/mol. The van der Waals surface area contributed by atoms with Gasteiger partial charge >= 0.3 is 5.97 Å². The van der Waals surface area contributed by atoms with Crippen LogP contribution in [0.1, 0.15) is 53.1 Å². The van der Waals surface area contributed by atoms with Gasteiger partial charge in [0.2, 0.25) is 5.91 Å². The highest BCUT2D eigenvalue weighted by Gasteiger charge is 2.22. The molecule has 0 aliphatic heterocycles. The summed E-state index contributed by atoms with van der Waals surface area (Å²) in [5.74, 6) is -2.84. The zero-order chi connectivity index (χ0) is 20.1. The van der Waals surface area contributed by atoms with Gasteiger partial charge in [0, 0.05) is 11.6 Å². The fourth-order valence-electron chi connectivity index (χ4n) is 3.17. The van der Waals surface area contributed by atoms with Gasteiger partial charge in [0.05, 0.1) is 5.69 Å². The number of hydrogen-bond acceptors (Lipinski definition) is 4. The third kappa shape index (κ3) is 4.70. The minimum absolute atomic E-state index is 0.0133. The van der Waals surface area contributed by atoms with E-state index in [2.05, 4.69) is 15.6 Å². The summed E-state index contributed by atoms with van der Waals surface area (Å²) in [5.41, 5.74) is -0.0994. The molecule has 146 valence electrons. The number of carbonyl (C=O) groups is 3. The van der Waals surface area contributed by atoms with Gasteiger partial charge < -0.3 is 15.7 Å². The van der Waals surface area contributed by atoms with Crippen molar-refractivity contribution in [2.45, 2.75) is 32.1 Å². The molecule has 7 nitrogen and oxygen atoms in total. The number of pyridine rings is 1. The van der Waals surface area contributed by atoms with Crippen LogP contribution in [0.4, 0.5) is 15.8 Å². The number of benzene rings is 1. The fourth-order valence-corrected chi connectivity index (χ4v) is 3.17. The maximum atomic E-state index is 14.1. The number of aromatic carboxylic acids is 1. The number of halogens is 1. The molecule has 0 saturated heterocycles. The number of nitrogens with one attached hydrogen (secondary N) is 2. The van der Waals surface area contributed by atoms with Crippen molar-refractivity contribution >= 4 is 29.2 Å². The average Bonchev–Trinajstić information content (AvgIpc) is 2.71. The van der Waals surface area contributed by atoms with Gasteiger partial charge in [-0.15, -0.1) is 0 Å². The third-order valence-corrected chi connectivity index (χ3v) is 4.66. The summed E-state index contributed by atoms with van der Waals surface area (Å²) in [7, 11) is 0. The number of carboxylic acids is 1. The van der Waals surface area contributed by atoms with Crippen molar-refractivity contribution in [3.8, 4) is 0 Å². The largest absolute Gasteiger partial charge is 0.477 e. The lowest BCUT2D eigenvalue weighted by molar-refractivity contribution is -0.120. The number of carbonyl (C=O) groups excluding carboxylic acids is 2. The number of amides is 2. The van der Waals surface area contributed by atoms with Crippen LogP contribution < -0.4 is 10.6 Å². The first-order valence-corrected chi connectivity index (χ1v) is 9.06. The number of anilines is 2. The first-order chi connectivity index (χ1) is 13.4. The maximum Gasteiger partial charge on any atom is 0.354 e. The molecule has 1 aromatic heterocycles. The van der Waals surface area contributed by atoms with E-state index in [-0.39, 0.29) is 34.6 Å². The van der Waals surface area contributed by atoms with Crippen molar-refractivity contribution in [2.75, 3.05) is 10.6 Å². The van der Waals surface area contributed by atoms with E-state index in [1.54, 1.807) is 0 Å². The van der Waals surface area contributed by atoms with Crippen LogP contribution in [0.5, 0.6) is 0 Å². The number of carboxylic acid groups (broad SMARTS) is 1. The van der Waals surface area contributed by atoms with Crippen molar-refractivity contribution in [1.29, 1.82) is 0 Å². The Morgan fingerprint density at radius 1 is 1.00 bits per heavy atom. The van der Waals surface area contributed by atoms with Crippen LogP contribution in [0.2, 0.25) is 0 Å². The van der Waals surface area contributed by atoms with Gasteiger partial charge in [-0.05, 0) is 43.2 Å². The first kappa shape index (κ1) is 19.5. The number of aromatic nitrogens is 1. The molecule has 2 amide bonds. The van der Waals surface area contributed by atoms with Crippen LogP contribution >= 0.6 is 0 Å². The summed E-state index contributed by atoms with van der Waals surface area (Å²) in [6, 6.07) is 7.88. The summed E-state index contributed by atoms with van der Waals surface area (Å²) in [4.78, 5) is 39.4. The highest BCUT2D eigenvalue weighted by Crippen LogP contribution is 2.26. The molecule has 1 aliphatic rings. The van der Waals surface area contributed by atoms with Crippen LogP contribution in [-0.4, -0.2) is 27.9 Å². The van der Waals surface area contributed by atoms with Gasteiger partial charge in [-0.1, -0.05) is 25.3 Å². The molecule has 3 N–H and O–H groups in total. The van der Waals surface area contributed by atoms with Crippen LogP contribution in [0.15, 0.2) is 36.4 Å². The van der Waals surface area contributed by atoms with Gasteiger partial charge in [-0.3, -0.25) is 9.59 Å². The van der Waals surface area contributed by atoms with Crippen molar-refractivity contribution in [3.63, 3.8) is 0 Å². The smallest absolute Gasteiger partial charge is 0.354 e. The van der Waals surface area contributed by atoms with E-state index in [9.17, 15) is 18.8 Å². The van der Waals surface area contributed by atoms with Crippen molar-refractivity contribution in [2.24, 2.45) is 5.92 Å². The number of hydrogen-bond donors (Lipinski definition) is 3. The molecular formula is C20H20FN3O4. The Hall–Kier alpha value is -3.29. The molecule has 0 bridgehead atoms. The predicted molar refractivity (Wildman–Crippen MR) is 101 cm³/mol. The number of nitrogens with zero attached hydrogens (tertiary/aromatic N) is 1. The third-order valence-electron chi connectivity index (χ3n) is 4.66. The van der Waals surface area contributed by atoms with E-state index in [1.807, 2.05) is 0 Å². The molecule has 1 aliphatic carbocycles. The Morgan fingerprint density at radius 3 is 2.43 bits per heavy atom. The highest BCUT2D eigenvalue weighted by molar-refractivity contribution is 6.04. The second-order valence-electron chi connectivity index (χ2n) is 6.69. The number of rotatable bonds is 5. The van der Waals surface area contributed by atoms with E-state index in [4.69, 9.17) is 5.11 Å². The van der Waals surface area contributed by atoms with Gasteiger partial charge in [0.1, 0.15) is 17.2 Å². The molecule has 1 fully saturated rings. The SMILES string of the molecule is O=C(O)c1cccc(C(=O)Nc2ccc(F)c(NC(=O)C3CCCCC3)c2)n1. The normalized spacial score (nSPS) is 14.3.